The second kappa shape index (κ2) is 10.0. The molecule has 1 aliphatic carbocycles. The summed E-state index contributed by atoms with van der Waals surface area (Å²) >= 11 is 0. The second-order valence-electron chi connectivity index (χ2n) is 9.28. The third-order valence-electron chi connectivity index (χ3n) is 6.41. The number of nitrogens with two attached hydrogens (primary N) is 1. The minimum atomic E-state index is -3.38. The Labute approximate surface area is 219 Å². The number of fused-ring (bicyclic) bond motifs is 1. The third kappa shape index (κ3) is 4.93. The van der Waals surface area contributed by atoms with Crippen molar-refractivity contribution in [2.45, 2.75) is 64.1 Å². The van der Waals surface area contributed by atoms with E-state index in [0.717, 1.165) is 24.1 Å². The highest BCUT2D eigenvalue weighted by atomic mass is 32.2. The lowest BCUT2D eigenvalue weighted by Crippen LogP contribution is -2.26. The molecule has 38 heavy (non-hydrogen) atoms. The SMILES string of the molecule is CCCn1c(=O)c(NCc2ccc(S(=O)(=O)CC)nc2)nc2cnc(-c3c(C)nc(N)nc3C3CC3)nc21. The molecule has 1 saturated carbocycles. The van der Waals surface area contributed by atoms with Gasteiger partial charge < -0.3 is 11.1 Å². The fourth-order valence-corrected chi connectivity index (χ4v) is 5.07. The van der Waals surface area contributed by atoms with E-state index in [-0.39, 0.29) is 34.6 Å². The number of hydrogen-bond acceptors (Lipinski definition) is 11. The monoisotopic (exact) mass is 535 g/mol. The molecule has 1 fully saturated rings. The smallest absolute Gasteiger partial charge is 0.294 e. The Morgan fingerprint density at radius 3 is 2.53 bits per heavy atom. The Hall–Kier alpha value is -4.00. The number of aromatic nitrogens is 7. The van der Waals surface area contributed by atoms with Crippen molar-refractivity contribution in [3.8, 4) is 11.4 Å². The molecule has 4 heterocycles. The van der Waals surface area contributed by atoms with Gasteiger partial charge in [0.15, 0.2) is 32.2 Å². The summed E-state index contributed by atoms with van der Waals surface area (Å²) in [7, 11) is -3.38. The average Bonchev–Trinajstić information content (AvgIpc) is 3.75. The van der Waals surface area contributed by atoms with Gasteiger partial charge in [0, 0.05) is 25.2 Å². The summed E-state index contributed by atoms with van der Waals surface area (Å²) < 4.78 is 25.6. The maximum Gasteiger partial charge on any atom is 0.294 e. The molecule has 4 aromatic heterocycles. The van der Waals surface area contributed by atoms with Crippen molar-refractivity contribution in [1.29, 1.82) is 0 Å². The lowest BCUT2D eigenvalue weighted by Gasteiger charge is -2.14. The number of nitrogens with one attached hydrogen (secondary N) is 1. The molecule has 3 N–H and O–H groups in total. The van der Waals surface area contributed by atoms with Gasteiger partial charge in [-0.15, -0.1) is 0 Å². The Morgan fingerprint density at radius 2 is 1.87 bits per heavy atom. The van der Waals surface area contributed by atoms with E-state index in [9.17, 15) is 13.2 Å². The molecule has 0 spiro atoms. The molecule has 0 bridgehead atoms. The van der Waals surface area contributed by atoms with E-state index >= 15 is 0 Å². The maximum atomic E-state index is 13.4. The van der Waals surface area contributed by atoms with Gasteiger partial charge >= 0.3 is 0 Å². The largest absolute Gasteiger partial charge is 0.368 e. The van der Waals surface area contributed by atoms with Crippen LogP contribution in [0.3, 0.4) is 0 Å². The molecule has 4 aromatic rings. The predicted molar refractivity (Wildman–Crippen MR) is 143 cm³/mol. The number of hydrogen-bond donors (Lipinski definition) is 2. The number of rotatable bonds is 9. The molecule has 13 heteroatoms. The molecule has 12 nitrogen and oxygen atoms in total. The number of pyridine rings is 1. The van der Waals surface area contributed by atoms with Gasteiger partial charge in [0.25, 0.3) is 5.56 Å². The average molecular weight is 536 g/mol. The fourth-order valence-electron chi connectivity index (χ4n) is 4.28. The number of sulfone groups is 1. The Bertz CT molecular complexity index is 1680. The molecule has 0 aromatic carbocycles. The normalized spacial score (nSPS) is 13.7. The van der Waals surface area contributed by atoms with Crippen molar-refractivity contribution in [2.24, 2.45) is 0 Å². The van der Waals surface area contributed by atoms with E-state index in [4.69, 9.17) is 10.7 Å². The van der Waals surface area contributed by atoms with Crippen LogP contribution < -0.4 is 16.6 Å². The van der Waals surface area contributed by atoms with E-state index < -0.39 is 9.84 Å². The Balaban J connectivity index is 1.50. The van der Waals surface area contributed by atoms with Crippen LogP contribution in [-0.2, 0) is 22.9 Å². The highest BCUT2D eigenvalue weighted by molar-refractivity contribution is 7.91. The summed E-state index contributed by atoms with van der Waals surface area (Å²) in [5, 5.41) is 3.09. The molecule has 0 radical (unpaired) electrons. The van der Waals surface area contributed by atoms with Crippen molar-refractivity contribution in [3.05, 3.63) is 51.8 Å². The first-order valence-electron chi connectivity index (χ1n) is 12.5. The predicted octanol–water partition coefficient (Wildman–Crippen LogP) is 2.62. The zero-order valence-corrected chi connectivity index (χ0v) is 22.3. The molecular formula is C25H29N9O3S. The first-order chi connectivity index (χ1) is 18.2. The van der Waals surface area contributed by atoms with Gasteiger partial charge in [-0.25, -0.2) is 38.3 Å². The summed E-state index contributed by atoms with van der Waals surface area (Å²) in [6, 6.07) is 3.13. The van der Waals surface area contributed by atoms with Crippen LogP contribution in [0.25, 0.3) is 22.6 Å². The van der Waals surface area contributed by atoms with Crippen molar-refractivity contribution in [1.82, 2.24) is 34.5 Å². The number of aryl methyl sites for hydroxylation is 2. The van der Waals surface area contributed by atoms with E-state index in [1.165, 1.54) is 12.3 Å². The van der Waals surface area contributed by atoms with Crippen LogP contribution in [0.4, 0.5) is 11.8 Å². The topological polar surface area (TPSA) is 172 Å². The summed E-state index contributed by atoms with van der Waals surface area (Å²) in [4.78, 5) is 40.1. The zero-order chi connectivity index (χ0) is 27.0. The minimum absolute atomic E-state index is 0.0216. The molecule has 1 aliphatic rings. The van der Waals surface area contributed by atoms with Gasteiger partial charge in [-0.1, -0.05) is 19.9 Å². The van der Waals surface area contributed by atoms with Crippen LogP contribution >= 0.6 is 0 Å². The van der Waals surface area contributed by atoms with Crippen molar-refractivity contribution in [3.63, 3.8) is 0 Å². The molecular weight excluding hydrogens is 506 g/mol. The second-order valence-corrected chi connectivity index (χ2v) is 11.5. The zero-order valence-electron chi connectivity index (χ0n) is 21.5. The molecule has 0 aliphatic heterocycles. The maximum absolute atomic E-state index is 13.4. The van der Waals surface area contributed by atoms with Gasteiger partial charge in [-0.3, -0.25) is 9.36 Å². The highest BCUT2D eigenvalue weighted by Gasteiger charge is 2.31. The van der Waals surface area contributed by atoms with Crippen molar-refractivity contribution >= 4 is 32.8 Å². The molecule has 0 unspecified atom stereocenters. The number of anilines is 2. The van der Waals surface area contributed by atoms with E-state index in [1.807, 2.05) is 13.8 Å². The van der Waals surface area contributed by atoms with Gasteiger partial charge in [-0.2, -0.15) is 0 Å². The van der Waals surface area contributed by atoms with Crippen molar-refractivity contribution < 1.29 is 8.42 Å². The van der Waals surface area contributed by atoms with Crippen LogP contribution in [-0.4, -0.2) is 48.6 Å². The van der Waals surface area contributed by atoms with Gasteiger partial charge in [-0.05, 0) is 37.8 Å². The standard InChI is InChI=1S/C25H29N9O3S/c1-4-10-34-23-17(13-29-21(33-23)19-14(3)30-25(26)32-20(19)16-7-8-16)31-22(24(34)35)28-12-15-6-9-18(27-11-15)38(36,37)5-2/h6,9,11,13,16H,4-5,7-8,10,12H2,1-3H3,(H,28,31)(H2,26,30,32). The number of nitrogens with zero attached hydrogens (tertiary/aromatic N) is 7. The lowest BCUT2D eigenvalue weighted by atomic mass is 10.1. The third-order valence-corrected chi connectivity index (χ3v) is 8.05. The molecule has 198 valence electrons. The van der Waals surface area contributed by atoms with Crippen LogP contribution in [0.1, 0.15) is 56.0 Å². The lowest BCUT2D eigenvalue weighted by molar-refractivity contribution is 0.593. The van der Waals surface area contributed by atoms with Crippen molar-refractivity contribution in [2.75, 3.05) is 16.8 Å². The molecule has 0 amide bonds. The summed E-state index contributed by atoms with van der Waals surface area (Å²) in [5.41, 5.74) is 9.50. The van der Waals surface area contributed by atoms with Crippen LogP contribution in [0.5, 0.6) is 0 Å². The van der Waals surface area contributed by atoms with E-state index in [0.29, 0.717) is 47.1 Å². The molecule has 0 atom stereocenters. The minimum Gasteiger partial charge on any atom is -0.368 e. The Morgan fingerprint density at radius 1 is 1.08 bits per heavy atom. The highest BCUT2D eigenvalue weighted by Crippen LogP contribution is 2.43. The first-order valence-corrected chi connectivity index (χ1v) is 14.2. The quantitative estimate of drug-likeness (QED) is 0.323. The van der Waals surface area contributed by atoms with E-state index in [1.54, 1.807) is 23.8 Å². The van der Waals surface area contributed by atoms with Crippen LogP contribution in [0.15, 0.2) is 34.3 Å². The summed E-state index contributed by atoms with van der Waals surface area (Å²) in [5.74, 6) is 1.11. The Kier molecular flexibility index (Phi) is 6.78. The van der Waals surface area contributed by atoms with Crippen LogP contribution in [0.2, 0.25) is 0 Å². The van der Waals surface area contributed by atoms with Gasteiger partial charge in [0.1, 0.15) is 5.52 Å². The van der Waals surface area contributed by atoms with E-state index in [2.05, 4.69) is 30.2 Å². The molecule has 0 saturated heterocycles. The van der Waals surface area contributed by atoms with Gasteiger partial charge in [0.05, 0.1) is 28.9 Å². The first kappa shape index (κ1) is 25.6. The molecule has 5 rings (SSSR count). The van der Waals surface area contributed by atoms with Gasteiger partial charge in [0.2, 0.25) is 5.95 Å². The fraction of sp³-hybridized carbons (Fsp3) is 0.400. The van der Waals surface area contributed by atoms with Crippen LogP contribution in [0, 0.1) is 6.92 Å². The summed E-state index contributed by atoms with van der Waals surface area (Å²) in [6.07, 6.45) is 5.85. The summed E-state index contributed by atoms with van der Waals surface area (Å²) in [6.45, 7) is 6.10. The number of nitrogen functional groups attached to an aromatic ring is 1.